The highest BCUT2D eigenvalue weighted by molar-refractivity contribution is 5.90. The van der Waals surface area contributed by atoms with Gasteiger partial charge in [-0.2, -0.15) is 0 Å². The molecule has 0 bridgehead atoms. The average molecular weight is 268 g/mol. The summed E-state index contributed by atoms with van der Waals surface area (Å²) in [6.45, 7) is 8.00. The SMILES string of the molecule is CC.CC.CN(C)C(=O)Nc1ccc(C=O)c(O)c1. The molecule has 2 amide bonds. The number of rotatable bonds is 2. The maximum absolute atomic E-state index is 11.2. The Morgan fingerprint density at radius 3 is 2.11 bits per heavy atom. The van der Waals surface area contributed by atoms with Crippen molar-refractivity contribution in [2.24, 2.45) is 0 Å². The molecule has 5 heteroatoms. The van der Waals surface area contributed by atoms with Crippen molar-refractivity contribution < 1.29 is 14.7 Å². The Labute approximate surface area is 115 Å². The Hall–Kier alpha value is -2.04. The lowest BCUT2D eigenvalue weighted by molar-refractivity contribution is 0.112. The number of phenolic OH excluding ortho intramolecular Hbond substituents is 1. The first kappa shape index (κ1) is 19.3. The normalized spacial score (nSPS) is 8.11. The minimum atomic E-state index is -0.298. The maximum Gasteiger partial charge on any atom is 0.321 e. The van der Waals surface area contributed by atoms with Gasteiger partial charge in [-0.1, -0.05) is 27.7 Å². The molecule has 2 N–H and O–H groups in total. The Kier molecular flexibility index (Phi) is 11.3. The third kappa shape index (κ3) is 7.08. The van der Waals surface area contributed by atoms with Gasteiger partial charge in [-0.3, -0.25) is 4.79 Å². The van der Waals surface area contributed by atoms with Crippen LogP contribution in [-0.2, 0) is 0 Å². The maximum atomic E-state index is 11.2. The second kappa shape index (κ2) is 11.1. The third-order valence-electron chi connectivity index (χ3n) is 1.81. The van der Waals surface area contributed by atoms with Crippen LogP contribution in [0, 0.1) is 0 Å². The van der Waals surface area contributed by atoms with Gasteiger partial charge in [-0.25, -0.2) is 4.79 Å². The quantitative estimate of drug-likeness (QED) is 0.808. The lowest BCUT2D eigenvalue weighted by atomic mass is 10.2. The molecule has 0 radical (unpaired) electrons. The van der Waals surface area contributed by atoms with Crippen LogP contribution in [0.15, 0.2) is 18.2 Å². The van der Waals surface area contributed by atoms with E-state index < -0.39 is 0 Å². The Morgan fingerprint density at radius 1 is 1.21 bits per heavy atom. The van der Waals surface area contributed by atoms with Crippen molar-refractivity contribution in [3.63, 3.8) is 0 Å². The summed E-state index contributed by atoms with van der Waals surface area (Å²) in [5.74, 6) is -0.151. The monoisotopic (exact) mass is 268 g/mol. The molecular weight excluding hydrogens is 244 g/mol. The van der Waals surface area contributed by atoms with Gasteiger partial charge in [0.2, 0.25) is 0 Å². The summed E-state index contributed by atoms with van der Waals surface area (Å²) in [7, 11) is 3.21. The van der Waals surface area contributed by atoms with Gasteiger partial charge in [0.1, 0.15) is 5.75 Å². The molecule has 0 fully saturated rings. The average Bonchev–Trinajstić information content (AvgIpc) is 2.43. The molecule has 0 saturated heterocycles. The molecular formula is C14H24N2O3. The minimum absolute atomic E-state index is 0.151. The number of carbonyl (C=O) groups is 2. The van der Waals surface area contributed by atoms with Crippen LogP contribution in [0.25, 0.3) is 0 Å². The van der Waals surface area contributed by atoms with Crippen LogP contribution in [0.2, 0.25) is 0 Å². The van der Waals surface area contributed by atoms with E-state index in [1.807, 2.05) is 27.7 Å². The summed E-state index contributed by atoms with van der Waals surface area (Å²) < 4.78 is 0. The van der Waals surface area contributed by atoms with E-state index in [4.69, 9.17) is 0 Å². The molecule has 1 aromatic rings. The van der Waals surface area contributed by atoms with E-state index in [0.717, 1.165) is 0 Å². The Bertz CT molecular complexity index is 390. The highest BCUT2D eigenvalue weighted by atomic mass is 16.3. The summed E-state index contributed by atoms with van der Waals surface area (Å²) in [5, 5.41) is 11.9. The van der Waals surface area contributed by atoms with E-state index in [9.17, 15) is 14.7 Å². The van der Waals surface area contributed by atoms with Gasteiger partial charge in [-0.05, 0) is 12.1 Å². The lowest BCUT2D eigenvalue weighted by Crippen LogP contribution is -2.27. The topological polar surface area (TPSA) is 69.6 Å². The zero-order chi connectivity index (χ0) is 15.4. The molecule has 0 heterocycles. The van der Waals surface area contributed by atoms with Crippen LogP contribution in [0.5, 0.6) is 5.75 Å². The summed E-state index contributed by atoms with van der Waals surface area (Å²) >= 11 is 0. The standard InChI is InChI=1S/C10H12N2O3.2C2H6/c1-12(2)10(15)11-8-4-3-7(6-13)9(14)5-8;2*1-2/h3-6,14H,1-2H3,(H,11,15);2*1-2H3. The summed E-state index contributed by atoms with van der Waals surface area (Å²) in [6, 6.07) is 4.01. The molecule has 0 atom stereocenters. The predicted octanol–water partition coefficient (Wildman–Crippen LogP) is 3.35. The Morgan fingerprint density at radius 2 is 1.74 bits per heavy atom. The molecule has 1 rings (SSSR count). The van der Waals surface area contributed by atoms with Crippen molar-refractivity contribution in [3.05, 3.63) is 23.8 Å². The van der Waals surface area contributed by atoms with Crippen molar-refractivity contribution in [1.82, 2.24) is 4.90 Å². The summed E-state index contributed by atoms with van der Waals surface area (Å²) in [4.78, 5) is 23.0. The van der Waals surface area contributed by atoms with E-state index in [1.54, 1.807) is 20.2 Å². The number of urea groups is 1. The molecule has 0 unspecified atom stereocenters. The minimum Gasteiger partial charge on any atom is -0.507 e. The van der Waals surface area contributed by atoms with Crippen molar-refractivity contribution in [2.45, 2.75) is 27.7 Å². The van der Waals surface area contributed by atoms with Crippen molar-refractivity contribution in [1.29, 1.82) is 0 Å². The van der Waals surface area contributed by atoms with Gasteiger partial charge in [0.25, 0.3) is 0 Å². The fourth-order valence-electron chi connectivity index (χ4n) is 0.956. The molecule has 0 aliphatic rings. The number of phenols is 1. The highest BCUT2D eigenvalue weighted by Gasteiger charge is 2.06. The number of anilines is 1. The zero-order valence-electron chi connectivity index (χ0n) is 12.5. The van der Waals surface area contributed by atoms with E-state index in [-0.39, 0.29) is 17.3 Å². The van der Waals surface area contributed by atoms with Gasteiger partial charge < -0.3 is 15.3 Å². The van der Waals surface area contributed by atoms with Crippen molar-refractivity contribution >= 4 is 18.0 Å². The number of carbonyl (C=O) groups excluding carboxylic acids is 2. The first-order valence-electron chi connectivity index (χ1n) is 6.31. The molecule has 0 aromatic heterocycles. The van der Waals surface area contributed by atoms with Crippen LogP contribution < -0.4 is 5.32 Å². The number of benzene rings is 1. The number of hydrogen-bond donors (Lipinski definition) is 2. The predicted molar refractivity (Wildman–Crippen MR) is 78.9 cm³/mol. The van der Waals surface area contributed by atoms with Gasteiger partial charge in [0.05, 0.1) is 5.56 Å². The fourth-order valence-corrected chi connectivity index (χ4v) is 0.956. The van der Waals surface area contributed by atoms with Gasteiger partial charge >= 0.3 is 6.03 Å². The molecule has 0 aliphatic carbocycles. The number of aromatic hydroxyl groups is 1. The van der Waals surface area contributed by atoms with Crippen LogP contribution in [0.1, 0.15) is 38.1 Å². The van der Waals surface area contributed by atoms with E-state index >= 15 is 0 Å². The number of nitrogens with zero attached hydrogens (tertiary/aromatic N) is 1. The third-order valence-corrected chi connectivity index (χ3v) is 1.81. The second-order valence-electron chi connectivity index (χ2n) is 3.22. The lowest BCUT2D eigenvalue weighted by Gasteiger charge is -2.12. The molecule has 19 heavy (non-hydrogen) atoms. The van der Waals surface area contributed by atoms with Gasteiger partial charge in [0.15, 0.2) is 6.29 Å². The van der Waals surface area contributed by atoms with Crippen LogP contribution in [-0.4, -0.2) is 36.4 Å². The number of aldehydes is 1. The number of hydrogen-bond acceptors (Lipinski definition) is 3. The molecule has 108 valence electrons. The highest BCUT2D eigenvalue weighted by Crippen LogP contribution is 2.20. The van der Waals surface area contributed by atoms with Gasteiger partial charge in [-0.15, -0.1) is 0 Å². The van der Waals surface area contributed by atoms with Crippen LogP contribution >= 0.6 is 0 Å². The molecule has 0 spiro atoms. The smallest absolute Gasteiger partial charge is 0.321 e. The summed E-state index contributed by atoms with van der Waals surface area (Å²) in [5.41, 5.74) is 0.634. The van der Waals surface area contributed by atoms with Crippen LogP contribution in [0.4, 0.5) is 10.5 Å². The largest absolute Gasteiger partial charge is 0.507 e. The second-order valence-corrected chi connectivity index (χ2v) is 3.22. The zero-order valence-corrected chi connectivity index (χ0v) is 12.5. The number of amides is 2. The van der Waals surface area contributed by atoms with E-state index in [2.05, 4.69) is 5.32 Å². The van der Waals surface area contributed by atoms with Crippen LogP contribution in [0.3, 0.4) is 0 Å². The van der Waals surface area contributed by atoms with Crippen molar-refractivity contribution in [2.75, 3.05) is 19.4 Å². The Balaban J connectivity index is 0. The van der Waals surface area contributed by atoms with E-state index in [1.165, 1.54) is 17.0 Å². The first-order chi connectivity index (χ1) is 9.04. The number of nitrogens with one attached hydrogen (secondary N) is 1. The fraction of sp³-hybridized carbons (Fsp3) is 0.429. The molecule has 0 aliphatic heterocycles. The molecule has 5 nitrogen and oxygen atoms in total. The van der Waals surface area contributed by atoms with Gasteiger partial charge in [0, 0.05) is 25.8 Å². The molecule has 0 saturated carbocycles. The van der Waals surface area contributed by atoms with Crippen molar-refractivity contribution in [3.8, 4) is 5.75 Å². The summed E-state index contributed by atoms with van der Waals surface area (Å²) in [6.07, 6.45) is 0.548. The first-order valence-corrected chi connectivity index (χ1v) is 6.31. The molecule has 1 aromatic carbocycles. The van der Waals surface area contributed by atoms with E-state index in [0.29, 0.717) is 12.0 Å².